The smallest absolute Gasteiger partial charge is 0.222 e. The Morgan fingerprint density at radius 2 is 2.17 bits per heavy atom. The first-order valence-corrected chi connectivity index (χ1v) is 11.1. The Hall–Kier alpha value is -2.65. The van der Waals surface area contributed by atoms with Crippen LogP contribution in [0.3, 0.4) is 0 Å². The maximum atomic E-state index is 12.0. The van der Waals surface area contributed by atoms with E-state index in [1.54, 1.807) is 13.0 Å². The number of anilines is 1. The standard InChI is InChI=1S/C20H26N4O4S/c1-3-29(26,27)24-17-9-8-13-14(17)5-4-6-15(13)19(22)23-20(28-2)12-7-10-18(25)16(21)11-12/h6-7,10-11,17,22,24-25H,3-5,8-9,21H2,1-2H3/b22-19?,23-20-/t17-/m0/s1. The first kappa shape index (κ1) is 21.1. The van der Waals surface area contributed by atoms with Crippen LogP contribution >= 0.6 is 0 Å². The summed E-state index contributed by atoms with van der Waals surface area (Å²) >= 11 is 0. The summed E-state index contributed by atoms with van der Waals surface area (Å²) < 4.78 is 32.1. The Morgan fingerprint density at radius 1 is 1.41 bits per heavy atom. The Morgan fingerprint density at radius 3 is 2.83 bits per heavy atom. The molecule has 0 saturated carbocycles. The molecule has 0 aliphatic heterocycles. The molecule has 2 aliphatic carbocycles. The van der Waals surface area contributed by atoms with Crippen molar-refractivity contribution in [2.24, 2.45) is 4.99 Å². The molecule has 0 saturated heterocycles. The molecule has 0 amide bonds. The molecule has 156 valence electrons. The average molecular weight is 419 g/mol. The van der Waals surface area contributed by atoms with E-state index in [2.05, 4.69) is 9.71 Å². The van der Waals surface area contributed by atoms with Gasteiger partial charge in [-0.2, -0.15) is 4.99 Å². The highest BCUT2D eigenvalue weighted by Gasteiger charge is 2.32. The van der Waals surface area contributed by atoms with Crippen LogP contribution in [0.5, 0.6) is 5.75 Å². The minimum atomic E-state index is -3.29. The molecule has 0 heterocycles. The van der Waals surface area contributed by atoms with Gasteiger partial charge in [-0.1, -0.05) is 6.08 Å². The van der Waals surface area contributed by atoms with Crippen molar-refractivity contribution in [1.29, 1.82) is 5.41 Å². The van der Waals surface area contributed by atoms with E-state index in [4.69, 9.17) is 15.9 Å². The van der Waals surface area contributed by atoms with E-state index in [9.17, 15) is 13.5 Å². The highest BCUT2D eigenvalue weighted by Crippen LogP contribution is 2.38. The molecule has 2 aliphatic rings. The van der Waals surface area contributed by atoms with Gasteiger partial charge in [-0.25, -0.2) is 13.1 Å². The molecular formula is C20H26N4O4S. The maximum Gasteiger partial charge on any atom is 0.222 e. The fourth-order valence-electron chi connectivity index (χ4n) is 3.71. The predicted octanol–water partition coefficient (Wildman–Crippen LogP) is 2.46. The topological polar surface area (TPSA) is 138 Å². The summed E-state index contributed by atoms with van der Waals surface area (Å²) in [6.45, 7) is 1.62. The van der Waals surface area contributed by atoms with Crippen LogP contribution in [0.2, 0.25) is 0 Å². The molecule has 3 rings (SSSR count). The Labute approximate surface area is 170 Å². The van der Waals surface area contributed by atoms with Gasteiger partial charge in [-0.15, -0.1) is 0 Å². The van der Waals surface area contributed by atoms with E-state index in [1.165, 1.54) is 19.2 Å². The van der Waals surface area contributed by atoms with E-state index in [-0.39, 0.29) is 35.0 Å². The van der Waals surface area contributed by atoms with Crippen molar-refractivity contribution in [3.05, 3.63) is 46.6 Å². The molecule has 9 heteroatoms. The van der Waals surface area contributed by atoms with Crippen molar-refractivity contribution in [2.75, 3.05) is 18.6 Å². The van der Waals surface area contributed by atoms with Gasteiger partial charge in [-0.05, 0) is 62.0 Å². The van der Waals surface area contributed by atoms with E-state index >= 15 is 0 Å². The average Bonchev–Trinajstić information content (AvgIpc) is 3.10. The van der Waals surface area contributed by atoms with Gasteiger partial charge in [0, 0.05) is 17.2 Å². The van der Waals surface area contributed by atoms with Gasteiger partial charge in [-0.3, -0.25) is 5.41 Å². The summed E-state index contributed by atoms with van der Waals surface area (Å²) in [6.07, 6.45) is 4.86. The van der Waals surface area contributed by atoms with Crippen LogP contribution in [-0.2, 0) is 14.8 Å². The summed E-state index contributed by atoms with van der Waals surface area (Å²) in [7, 11) is -1.84. The number of aliphatic imine (C=N–C) groups is 1. The van der Waals surface area contributed by atoms with Gasteiger partial charge in [0.1, 0.15) is 5.75 Å². The van der Waals surface area contributed by atoms with Crippen LogP contribution in [0, 0.1) is 5.41 Å². The number of allylic oxidation sites excluding steroid dienone is 1. The number of phenolic OH excluding ortho intramolecular Hbond substituents is 1. The van der Waals surface area contributed by atoms with Crippen LogP contribution in [-0.4, -0.2) is 44.2 Å². The summed E-state index contributed by atoms with van der Waals surface area (Å²) in [5.74, 6) is 0.286. The van der Waals surface area contributed by atoms with Crippen LogP contribution in [0.1, 0.15) is 38.2 Å². The quantitative estimate of drug-likeness (QED) is 0.252. The molecule has 1 aromatic rings. The highest BCUT2D eigenvalue weighted by molar-refractivity contribution is 7.89. The van der Waals surface area contributed by atoms with Crippen molar-refractivity contribution < 1.29 is 18.3 Å². The third-order valence-corrected chi connectivity index (χ3v) is 6.62. The van der Waals surface area contributed by atoms with Gasteiger partial charge >= 0.3 is 0 Å². The lowest BCUT2D eigenvalue weighted by Crippen LogP contribution is -2.35. The molecule has 5 N–H and O–H groups in total. The van der Waals surface area contributed by atoms with E-state index < -0.39 is 10.0 Å². The van der Waals surface area contributed by atoms with Crippen molar-refractivity contribution >= 4 is 27.4 Å². The van der Waals surface area contributed by atoms with Crippen molar-refractivity contribution in [3.8, 4) is 5.75 Å². The third kappa shape index (κ3) is 4.51. The molecule has 8 nitrogen and oxygen atoms in total. The molecule has 0 spiro atoms. The number of hydrogen-bond donors (Lipinski definition) is 4. The number of nitrogens with one attached hydrogen (secondary N) is 2. The first-order valence-electron chi connectivity index (χ1n) is 9.48. The summed E-state index contributed by atoms with van der Waals surface area (Å²) in [5, 5.41) is 18.1. The number of sulfonamides is 1. The second-order valence-electron chi connectivity index (χ2n) is 7.02. The fourth-order valence-corrected chi connectivity index (χ4v) is 4.57. The number of nitrogens with zero attached hydrogens (tertiary/aromatic N) is 1. The molecule has 0 aromatic heterocycles. The van der Waals surface area contributed by atoms with E-state index in [0.717, 1.165) is 24.0 Å². The van der Waals surface area contributed by atoms with Crippen molar-refractivity contribution in [1.82, 2.24) is 4.72 Å². The Bertz CT molecular complexity index is 1020. The van der Waals surface area contributed by atoms with Crippen LogP contribution < -0.4 is 10.5 Å². The molecule has 0 radical (unpaired) electrons. The molecular weight excluding hydrogens is 392 g/mol. The third-order valence-electron chi connectivity index (χ3n) is 5.22. The van der Waals surface area contributed by atoms with Crippen molar-refractivity contribution in [2.45, 2.75) is 38.6 Å². The van der Waals surface area contributed by atoms with Gasteiger partial charge in [0.25, 0.3) is 0 Å². The Kier molecular flexibility index (Phi) is 6.09. The van der Waals surface area contributed by atoms with Gasteiger partial charge in [0.15, 0.2) is 5.84 Å². The molecule has 29 heavy (non-hydrogen) atoms. The number of phenols is 1. The SMILES string of the molecule is CCS(=O)(=O)N[C@H]1CCC2=C1CCC=C2C(=N)/N=C(\OC)c1ccc(O)c(N)c1. The van der Waals surface area contributed by atoms with Gasteiger partial charge in [0.2, 0.25) is 15.9 Å². The monoisotopic (exact) mass is 418 g/mol. The lowest BCUT2D eigenvalue weighted by Gasteiger charge is -2.20. The maximum absolute atomic E-state index is 12.0. The number of amidine groups is 1. The lowest BCUT2D eigenvalue weighted by molar-refractivity contribution is 0.405. The van der Waals surface area contributed by atoms with E-state index in [1.807, 2.05) is 6.08 Å². The molecule has 0 fully saturated rings. The second kappa shape index (κ2) is 8.38. The normalized spacial score (nSPS) is 19.7. The number of nitrogen functional groups attached to an aromatic ring is 1. The van der Waals surface area contributed by atoms with Gasteiger partial charge in [0.05, 0.1) is 18.6 Å². The number of benzene rings is 1. The number of rotatable bonds is 5. The van der Waals surface area contributed by atoms with Crippen LogP contribution in [0.4, 0.5) is 5.69 Å². The summed E-state index contributed by atoms with van der Waals surface area (Å²) in [4.78, 5) is 4.34. The summed E-state index contributed by atoms with van der Waals surface area (Å²) in [6, 6.07) is 4.39. The second-order valence-corrected chi connectivity index (χ2v) is 9.06. The number of aromatic hydroxyl groups is 1. The largest absolute Gasteiger partial charge is 0.506 e. The molecule has 0 bridgehead atoms. The number of ether oxygens (including phenoxy) is 1. The number of hydrogen-bond acceptors (Lipinski definition) is 6. The molecule has 1 atom stereocenters. The molecule has 0 unspecified atom stereocenters. The van der Waals surface area contributed by atoms with E-state index in [0.29, 0.717) is 24.0 Å². The summed E-state index contributed by atoms with van der Waals surface area (Å²) in [5.41, 5.74) is 9.25. The zero-order chi connectivity index (χ0) is 21.2. The Balaban J connectivity index is 1.87. The van der Waals surface area contributed by atoms with Crippen LogP contribution in [0.25, 0.3) is 0 Å². The zero-order valence-electron chi connectivity index (χ0n) is 16.5. The fraction of sp³-hybridized carbons (Fsp3) is 0.400. The minimum absolute atomic E-state index is 0.0319. The number of methoxy groups -OCH3 is 1. The van der Waals surface area contributed by atoms with Crippen LogP contribution in [0.15, 0.2) is 46.0 Å². The minimum Gasteiger partial charge on any atom is -0.506 e. The van der Waals surface area contributed by atoms with Crippen molar-refractivity contribution in [3.63, 3.8) is 0 Å². The predicted molar refractivity (Wildman–Crippen MR) is 114 cm³/mol. The molecule has 1 aromatic carbocycles. The highest BCUT2D eigenvalue weighted by atomic mass is 32.2. The van der Waals surface area contributed by atoms with Gasteiger partial charge < -0.3 is 15.6 Å². The number of nitrogens with two attached hydrogens (primary N) is 1. The first-order chi connectivity index (χ1) is 13.8. The zero-order valence-corrected chi connectivity index (χ0v) is 17.3. The lowest BCUT2D eigenvalue weighted by atomic mass is 9.91.